The Balaban J connectivity index is 1.55. The number of urea groups is 1. The van der Waals surface area contributed by atoms with Crippen LogP contribution in [-0.4, -0.2) is 23.4 Å². The zero-order valence-electron chi connectivity index (χ0n) is 19.0. The first-order chi connectivity index (χ1) is 17.2. The Bertz CT molecular complexity index is 1350. The Labute approximate surface area is 240 Å². The molecule has 36 heavy (non-hydrogen) atoms. The zero-order valence-corrected chi connectivity index (χ0v) is 24.2. The summed E-state index contributed by atoms with van der Waals surface area (Å²) in [5.74, 6) is 0.683. The van der Waals surface area contributed by atoms with Gasteiger partial charge in [0.05, 0.1) is 16.7 Å². The normalized spacial score (nSPS) is 14.4. The van der Waals surface area contributed by atoms with Crippen molar-refractivity contribution in [1.82, 2.24) is 10.2 Å². The number of ether oxygens (including phenoxy) is 2. The molecule has 0 spiro atoms. The summed E-state index contributed by atoms with van der Waals surface area (Å²) in [4.78, 5) is 26.6. The van der Waals surface area contributed by atoms with Crippen LogP contribution in [0.1, 0.15) is 23.6 Å². The molecule has 1 saturated heterocycles. The number of hydrogen-bond acceptors (Lipinski definition) is 4. The van der Waals surface area contributed by atoms with E-state index in [0.717, 1.165) is 19.2 Å². The van der Waals surface area contributed by atoms with Crippen molar-refractivity contribution in [3.8, 4) is 11.5 Å². The van der Waals surface area contributed by atoms with E-state index >= 15 is 0 Å². The molecule has 3 aromatic carbocycles. The van der Waals surface area contributed by atoms with Gasteiger partial charge in [0.25, 0.3) is 5.91 Å². The molecular weight excluding hydrogens is 682 g/mol. The zero-order chi connectivity index (χ0) is 25.8. The fourth-order valence-electron chi connectivity index (χ4n) is 3.52. The highest BCUT2D eigenvalue weighted by Gasteiger charge is 2.33. The van der Waals surface area contributed by atoms with E-state index < -0.39 is 11.9 Å². The Morgan fingerprint density at radius 3 is 2.50 bits per heavy atom. The van der Waals surface area contributed by atoms with Crippen LogP contribution in [0.2, 0.25) is 10.0 Å². The molecule has 1 aliphatic rings. The van der Waals surface area contributed by atoms with Crippen LogP contribution in [-0.2, 0) is 17.9 Å². The van der Waals surface area contributed by atoms with Crippen molar-refractivity contribution in [2.45, 2.75) is 20.1 Å². The molecule has 0 aliphatic carbocycles. The van der Waals surface area contributed by atoms with Gasteiger partial charge in [0.1, 0.15) is 12.3 Å². The Morgan fingerprint density at radius 2 is 1.81 bits per heavy atom. The van der Waals surface area contributed by atoms with Gasteiger partial charge in [0.2, 0.25) is 0 Å². The van der Waals surface area contributed by atoms with Crippen LogP contribution in [0.15, 0.2) is 64.8 Å². The SMILES string of the molecule is CCOc1cc(/C=C2/NC(=O)N(Cc3ccc(Br)cc3)C2=O)cc(I)c1OCc1ccc(Cl)cc1Cl. The molecular formula is C26H20BrCl2IN2O4. The summed E-state index contributed by atoms with van der Waals surface area (Å²) < 4.78 is 13.6. The quantitative estimate of drug-likeness (QED) is 0.151. The lowest BCUT2D eigenvalue weighted by Gasteiger charge is -2.15. The van der Waals surface area contributed by atoms with Crippen LogP contribution in [0.5, 0.6) is 11.5 Å². The molecule has 1 heterocycles. The van der Waals surface area contributed by atoms with Gasteiger partial charge in [-0.1, -0.05) is 57.3 Å². The van der Waals surface area contributed by atoms with E-state index in [1.165, 1.54) is 4.90 Å². The second-order valence-corrected chi connectivity index (χ2v) is 10.7. The second-order valence-electron chi connectivity index (χ2n) is 7.79. The van der Waals surface area contributed by atoms with E-state index in [4.69, 9.17) is 32.7 Å². The van der Waals surface area contributed by atoms with Gasteiger partial charge in [-0.05, 0) is 83.1 Å². The number of benzene rings is 3. The van der Waals surface area contributed by atoms with Gasteiger partial charge in [-0.25, -0.2) is 4.79 Å². The summed E-state index contributed by atoms with van der Waals surface area (Å²) in [5.41, 5.74) is 2.51. The lowest BCUT2D eigenvalue weighted by molar-refractivity contribution is -0.123. The molecule has 0 unspecified atom stereocenters. The van der Waals surface area contributed by atoms with Crippen LogP contribution < -0.4 is 14.8 Å². The third kappa shape index (κ3) is 6.34. The largest absolute Gasteiger partial charge is 0.490 e. The molecule has 1 N–H and O–H groups in total. The highest BCUT2D eigenvalue weighted by molar-refractivity contribution is 14.1. The molecule has 6 nitrogen and oxygen atoms in total. The maximum Gasteiger partial charge on any atom is 0.329 e. The standard InChI is InChI=1S/C26H20BrCl2IN2O4/c1-2-35-23-11-16(9-21(30)24(23)36-14-17-5-8-19(28)12-20(17)29)10-22-25(33)32(26(34)31-22)13-15-3-6-18(27)7-4-15/h3-12H,2,13-14H2,1H3,(H,31,34)/b22-10+. The van der Waals surface area contributed by atoms with E-state index in [2.05, 4.69) is 43.8 Å². The molecule has 1 aliphatic heterocycles. The van der Waals surface area contributed by atoms with Gasteiger partial charge >= 0.3 is 6.03 Å². The minimum atomic E-state index is -0.464. The van der Waals surface area contributed by atoms with E-state index in [-0.39, 0.29) is 18.8 Å². The number of rotatable bonds is 8. The summed E-state index contributed by atoms with van der Waals surface area (Å²) in [6.45, 7) is 2.70. The molecule has 1 fully saturated rings. The molecule has 0 bridgehead atoms. The van der Waals surface area contributed by atoms with Crippen LogP contribution in [0, 0.1) is 3.57 Å². The molecule has 3 amide bonds. The maximum atomic E-state index is 13.0. The number of carbonyl (C=O) groups is 2. The monoisotopic (exact) mass is 700 g/mol. The van der Waals surface area contributed by atoms with Crippen molar-refractivity contribution >= 4 is 79.7 Å². The third-order valence-corrected chi connectivity index (χ3v) is 7.16. The second kappa shape index (κ2) is 11.9. The lowest BCUT2D eigenvalue weighted by atomic mass is 10.1. The Hall–Kier alpha value is -2.27. The first kappa shape index (κ1) is 26.8. The highest BCUT2D eigenvalue weighted by Crippen LogP contribution is 2.36. The van der Waals surface area contributed by atoms with E-state index in [0.29, 0.717) is 33.7 Å². The summed E-state index contributed by atoms with van der Waals surface area (Å²) >= 11 is 17.8. The fraction of sp³-hybridized carbons (Fsp3) is 0.154. The summed E-state index contributed by atoms with van der Waals surface area (Å²) in [7, 11) is 0. The van der Waals surface area contributed by atoms with Crippen molar-refractivity contribution in [2.24, 2.45) is 0 Å². The predicted octanol–water partition coefficient (Wildman–Crippen LogP) is 7.43. The fourth-order valence-corrected chi connectivity index (χ4v) is 5.03. The predicted molar refractivity (Wildman–Crippen MR) is 152 cm³/mol. The molecule has 0 saturated carbocycles. The first-order valence-corrected chi connectivity index (χ1v) is 13.5. The molecule has 0 atom stereocenters. The van der Waals surface area contributed by atoms with Crippen molar-refractivity contribution in [1.29, 1.82) is 0 Å². The van der Waals surface area contributed by atoms with Gasteiger partial charge in [-0.2, -0.15) is 0 Å². The molecule has 186 valence electrons. The number of nitrogens with zero attached hydrogens (tertiary/aromatic N) is 1. The van der Waals surface area contributed by atoms with Crippen molar-refractivity contribution in [3.63, 3.8) is 0 Å². The number of imide groups is 1. The van der Waals surface area contributed by atoms with Crippen molar-refractivity contribution in [3.05, 3.63) is 95.1 Å². The van der Waals surface area contributed by atoms with Crippen LogP contribution >= 0.6 is 61.7 Å². The van der Waals surface area contributed by atoms with Crippen molar-refractivity contribution in [2.75, 3.05) is 6.61 Å². The maximum absolute atomic E-state index is 13.0. The van der Waals surface area contributed by atoms with Gasteiger partial charge in [-0.15, -0.1) is 0 Å². The minimum Gasteiger partial charge on any atom is -0.490 e. The summed E-state index contributed by atoms with van der Waals surface area (Å²) in [5, 5.41) is 3.73. The third-order valence-electron chi connectivity index (χ3n) is 5.25. The van der Waals surface area contributed by atoms with Crippen LogP contribution in [0.25, 0.3) is 6.08 Å². The Morgan fingerprint density at radius 1 is 1.06 bits per heavy atom. The first-order valence-electron chi connectivity index (χ1n) is 10.9. The smallest absolute Gasteiger partial charge is 0.329 e. The van der Waals surface area contributed by atoms with Gasteiger partial charge in [-0.3, -0.25) is 9.69 Å². The molecule has 4 rings (SSSR count). The van der Waals surface area contributed by atoms with Gasteiger partial charge in [0.15, 0.2) is 11.5 Å². The highest BCUT2D eigenvalue weighted by atomic mass is 127. The minimum absolute atomic E-state index is 0.178. The van der Waals surface area contributed by atoms with E-state index in [9.17, 15) is 9.59 Å². The van der Waals surface area contributed by atoms with E-state index in [1.54, 1.807) is 24.3 Å². The average molecular weight is 702 g/mol. The van der Waals surface area contributed by atoms with E-state index in [1.807, 2.05) is 43.3 Å². The average Bonchev–Trinajstić information content (AvgIpc) is 3.08. The van der Waals surface area contributed by atoms with Crippen LogP contribution in [0.4, 0.5) is 4.79 Å². The Kier molecular flexibility index (Phi) is 8.82. The van der Waals surface area contributed by atoms with Gasteiger partial charge < -0.3 is 14.8 Å². The summed E-state index contributed by atoms with van der Waals surface area (Å²) in [6.07, 6.45) is 1.63. The molecule has 10 heteroatoms. The number of nitrogens with one attached hydrogen (secondary N) is 1. The van der Waals surface area contributed by atoms with Crippen molar-refractivity contribution < 1.29 is 19.1 Å². The number of hydrogen-bond donors (Lipinski definition) is 1. The van der Waals surface area contributed by atoms with Gasteiger partial charge in [0, 0.05) is 20.1 Å². The molecule has 0 aromatic heterocycles. The number of carbonyl (C=O) groups excluding carboxylic acids is 2. The lowest BCUT2D eigenvalue weighted by Crippen LogP contribution is -2.30. The number of amides is 3. The molecule has 3 aromatic rings. The topological polar surface area (TPSA) is 67.9 Å². The number of halogens is 4. The van der Waals surface area contributed by atoms with Crippen LogP contribution in [0.3, 0.4) is 0 Å². The summed E-state index contributed by atoms with van der Waals surface area (Å²) in [6, 6.07) is 15.8. The molecule has 0 radical (unpaired) electrons.